The van der Waals surface area contributed by atoms with Crippen LogP contribution in [-0.4, -0.2) is 22.2 Å². The Morgan fingerprint density at radius 1 is 1.22 bits per heavy atom. The molecule has 1 atom stereocenters. The van der Waals surface area contributed by atoms with E-state index >= 15 is 0 Å². The summed E-state index contributed by atoms with van der Waals surface area (Å²) in [7, 11) is 1.41. The number of nitrogens with zero attached hydrogens (tertiary/aromatic N) is 2. The van der Waals surface area contributed by atoms with Crippen LogP contribution in [0.1, 0.15) is 22.7 Å². The Labute approximate surface area is 127 Å². The maximum Gasteiger partial charge on any atom is 0.416 e. The zero-order valence-electron chi connectivity index (χ0n) is 11.8. The number of aryl methyl sites for hydroxylation is 1. The number of hydrogen-bond donors (Lipinski definition) is 1. The van der Waals surface area contributed by atoms with Gasteiger partial charge in [0.15, 0.2) is 0 Å². The van der Waals surface area contributed by atoms with E-state index < -0.39 is 35.7 Å². The van der Waals surface area contributed by atoms with Crippen LogP contribution in [0.5, 0.6) is 0 Å². The number of halogens is 5. The summed E-state index contributed by atoms with van der Waals surface area (Å²) >= 11 is 0. The van der Waals surface area contributed by atoms with Crippen LogP contribution >= 0.6 is 0 Å². The summed E-state index contributed by atoms with van der Waals surface area (Å²) in [5, 5.41) is 5.14. The minimum atomic E-state index is -4.72. The highest BCUT2D eigenvalue weighted by atomic mass is 19.4. The molecule has 1 N–H and O–H groups in total. The van der Waals surface area contributed by atoms with E-state index in [9.17, 15) is 26.7 Å². The molecular formula is C14H12F5N3O. The van der Waals surface area contributed by atoms with Crippen molar-refractivity contribution in [1.82, 2.24) is 15.1 Å². The van der Waals surface area contributed by atoms with E-state index in [-0.39, 0.29) is 5.69 Å². The molecule has 0 bridgehead atoms. The minimum Gasteiger partial charge on any atom is -0.299 e. The number of aromatic nitrogens is 2. The summed E-state index contributed by atoms with van der Waals surface area (Å²) in [5.74, 6) is -2.80. The molecule has 0 radical (unpaired) electrons. The van der Waals surface area contributed by atoms with Crippen LogP contribution < -0.4 is 5.32 Å². The van der Waals surface area contributed by atoms with Crippen LogP contribution in [0.4, 0.5) is 22.0 Å². The topological polar surface area (TPSA) is 46.9 Å². The number of nitrogens with one attached hydrogen (secondary N) is 1. The molecule has 2 aromatic rings. The number of rotatable bonds is 4. The van der Waals surface area contributed by atoms with Crippen molar-refractivity contribution >= 4 is 5.91 Å². The van der Waals surface area contributed by atoms with Crippen molar-refractivity contribution in [2.75, 3.05) is 0 Å². The average molecular weight is 333 g/mol. The standard InChI is InChI=1S/C14H12F5N3O/c1-22-10(6-7-20-22)11(12(23)21-13(15)16)8-4-2-3-5-9(8)14(17,18)19/h2-7,11,13H,1H3,(H,21,23). The molecule has 0 saturated carbocycles. The molecule has 9 heteroatoms. The van der Waals surface area contributed by atoms with Crippen LogP contribution in [0.2, 0.25) is 0 Å². The van der Waals surface area contributed by atoms with Gasteiger partial charge < -0.3 is 0 Å². The minimum absolute atomic E-state index is 0.0693. The Morgan fingerprint density at radius 3 is 2.39 bits per heavy atom. The first-order valence-electron chi connectivity index (χ1n) is 6.44. The van der Waals surface area contributed by atoms with E-state index in [2.05, 4.69) is 5.10 Å². The number of amides is 1. The second-order valence-electron chi connectivity index (χ2n) is 4.71. The van der Waals surface area contributed by atoms with Gasteiger partial charge in [-0.15, -0.1) is 0 Å². The van der Waals surface area contributed by atoms with E-state index in [1.807, 2.05) is 0 Å². The van der Waals surface area contributed by atoms with Gasteiger partial charge in [-0.1, -0.05) is 18.2 Å². The van der Waals surface area contributed by atoms with Gasteiger partial charge in [0.1, 0.15) is 5.92 Å². The fourth-order valence-electron chi connectivity index (χ4n) is 2.30. The van der Waals surface area contributed by atoms with Crippen LogP contribution in [0.15, 0.2) is 36.5 Å². The molecule has 0 aliphatic carbocycles. The number of carbonyl (C=O) groups excluding carboxylic acids is 1. The molecule has 23 heavy (non-hydrogen) atoms. The molecule has 1 unspecified atom stereocenters. The van der Waals surface area contributed by atoms with Crippen molar-refractivity contribution in [2.24, 2.45) is 7.05 Å². The lowest BCUT2D eigenvalue weighted by molar-refractivity contribution is -0.138. The normalized spacial score (nSPS) is 13.2. The summed E-state index contributed by atoms with van der Waals surface area (Å²) in [6, 6.07) is 5.67. The third-order valence-electron chi connectivity index (χ3n) is 3.25. The Balaban J connectivity index is 2.60. The van der Waals surface area contributed by atoms with Crippen LogP contribution in [0.3, 0.4) is 0 Å². The molecule has 1 aromatic heterocycles. The fourth-order valence-corrected chi connectivity index (χ4v) is 2.30. The molecule has 0 fully saturated rings. The highest BCUT2D eigenvalue weighted by molar-refractivity contribution is 5.87. The zero-order valence-corrected chi connectivity index (χ0v) is 11.8. The van der Waals surface area contributed by atoms with Crippen molar-refractivity contribution in [3.63, 3.8) is 0 Å². The van der Waals surface area contributed by atoms with Gasteiger partial charge in [0.2, 0.25) is 5.91 Å². The summed E-state index contributed by atoms with van der Waals surface area (Å²) in [6.07, 6.45) is -3.45. The van der Waals surface area contributed by atoms with E-state index in [1.54, 1.807) is 0 Å². The van der Waals surface area contributed by atoms with Gasteiger partial charge >= 0.3 is 12.7 Å². The molecule has 2 rings (SSSR count). The van der Waals surface area contributed by atoms with Gasteiger partial charge in [-0.25, -0.2) is 0 Å². The molecule has 0 aliphatic rings. The Kier molecular flexibility index (Phi) is 4.67. The molecule has 0 aliphatic heterocycles. The Bertz CT molecular complexity index is 696. The maximum absolute atomic E-state index is 13.2. The van der Waals surface area contributed by atoms with E-state index in [4.69, 9.17) is 0 Å². The maximum atomic E-state index is 13.2. The van der Waals surface area contributed by atoms with Crippen LogP contribution in [0, 0.1) is 0 Å². The predicted octanol–water partition coefficient (Wildman–Crippen LogP) is 2.91. The fraction of sp³-hybridized carbons (Fsp3) is 0.286. The average Bonchev–Trinajstić information content (AvgIpc) is 2.84. The highest BCUT2D eigenvalue weighted by Crippen LogP contribution is 2.37. The molecule has 124 valence electrons. The van der Waals surface area contributed by atoms with Gasteiger partial charge in [-0.2, -0.15) is 27.1 Å². The van der Waals surface area contributed by atoms with Gasteiger partial charge in [-0.05, 0) is 17.7 Å². The van der Waals surface area contributed by atoms with E-state index in [1.165, 1.54) is 35.4 Å². The van der Waals surface area contributed by atoms with Crippen molar-refractivity contribution in [3.05, 3.63) is 53.3 Å². The second kappa shape index (κ2) is 6.35. The third-order valence-corrected chi connectivity index (χ3v) is 3.25. The summed E-state index contributed by atoms with van der Waals surface area (Å²) in [5.41, 5.74) is -1.41. The van der Waals surface area contributed by atoms with Crippen molar-refractivity contribution in [2.45, 2.75) is 18.6 Å². The van der Waals surface area contributed by atoms with Gasteiger partial charge in [0.05, 0.1) is 11.3 Å². The lowest BCUT2D eigenvalue weighted by Gasteiger charge is -2.21. The molecule has 1 heterocycles. The van der Waals surface area contributed by atoms with Crippen molar-refractivity contribution in [1.29, 1.82) is 0 Å². The van der Waals surface area contributed by atoms with Gasteiger partial charge in [-0.3, -0.25) is 14.8 Å². The monoisotopic (exact) mass is 333 g/mol. The van der Waals surface area contributed by atoms with Crippen molar-refractivity contribution < 1.29 is 26.7 Å². The number of benzene rings is 1. The lowest BCUT2D eigenvalue weighted by atomic mass is 9.90. The Morgan fingerprint density at radius 2 is 1.87 bits per heavy atom. The molecular weight excluding hydrogens is 321 g/mol. The summed E-state index contributed by atoms with van der Waals surface area (Å²) in [4.78, 5) is 12.1. The second-order valence-corrected chi connectivity index (χ2v) is 4.71. The number of carbonyl (C=O) groups is 1. The number of alkyl halides is 5. The van der Waals surface area contributed by atoms with E-state index in [0.717, 1.165) is 18.2 Å². The SMILES string of the molecule is Cn1nccc1C(C(=O)NC(F)F)c1ccccc1C(F)(F)F. The smallest absolute Gasteiger partial charge is 0.299 e. The molecule has 0 saturated heterocycles. The van der Waals surface area contributed by atoms with Crippen LogP contribution in [0.25, 0.3) is 0 Å². The predicted molar refractivity (Wildman–Crippen MR) is 70.6 cm³/mol. The number of hydrogen-bond acceptors (Lipinski definition) is 2. The summed E-state index contributed by atoms with van der Waals surface area (Å²) < 4.78 is 65.6. The van der Waals surface area contributed by atoms with Crippen LogP contribution in [-0.2, 0) is 18.0 Å². The van der Waals surface area contributed by atoms with E-state index in [0.29, 0.717) is 0 Å². The molecule has 1 amide bonds. The first-order chi connectivity index (χ1) is 10.7. The molecule has 1 aromatic carbocycles. The first-order valence-corrected chi connectivity index (χ1v) is 6.44. The van der Waals surface area contributed by atoms with Gasteiger partial charge in [0.25, 0.3) is 0 Å². The highest BCUT2D eigenvalue weighted by Gasteiger charge is 2.38. The third kappa shape index (κ3) is 3.66. The molecule has 0 spiro atoms. The Hall–Kier alpha value is -2.45. The zero-order chi connectivity index (χ0) is 17.2. The molecule has 4 nitrogen and oxygen atoms in total. The quantitative estimate of drug-likeness (QED) is 0.691. The van der Waals surface area contributed by atoms with Crippen molar-refractivity contribution in [3.8, 4) is 0 Å². The first kappa shape index (κ1) is 16.9. The largest absolute Gasteiger partial charge is 0.416 e. The lowest BCUT2D eigenvalue weighted by Crippen LogP contribution is -2.35. The summed E-state index contributed by atoms with van der Waals surface area (Å²) in [6.45, 7) is -3.18. The van der Waals surface area contributed by atoms with Gasteiger partial charge in [0, 0.05) is 13.2 Å².